The second kappa shape index (κ2) is 3.25. The minimum absolute atomic E-state index is 0.175. The van der Waals surface area contributed by atoms with Gasteiger partial charge in [0.15, 0.2) is 29.9 Å². The summed E-state index contributed by atoms with van der Waals surface area (Å²) >= 11 is 5.96. The van der Waals surface area contributed by atoms with Crippen LogP contribution in [0.3, 0.4) is 0 Å². The molecule has 0 amide bonds. The van der Waals surface area contributed by atoms with Crippen molar-refractivity contribution in [1.82, 2.24) is 0 Å². The normalized spacial score (nSPS) is 15.6. The van der Waals surface area contributed by atoms with Crippen LogP contribution in [0.25, 0.3) is 10.8 Å². The van der Waals surface area contributed by atoms with Gasteiger partial charge < -0.3 is 10.2 Å². The largest absolute Gasteiger partial charge is 0.504 e. The molecule has 4 heteroatoms. The molecule has 0 unspecified atom stereocenters. The zero-order valence-corrected chi connectivity index (χ0v) is 9.28. The highest BCUT2D eigenvalue weighted by Gasteiger charge is 2.31. The van der Waals surface area contributed by atoms with E-state index in [-0.39, 0.29) is 16.5 Å². The van der Waals surface area contributed by atoms with Crippen molar-refractivity contribution in [2.24, 2.45) is 0 Å². The van der Waals surface area contributed by atoms with E-state index in [4.69, 9.17) is 11.6 Å². The standard InChI is InChI=1S/C12H10ClNO2/c13-11-9-3-4-14(8-1-2-8)6-7(9)5-10(15)12(11)16/h3-6,8,15H,1-2H2/p+1. The maximum Gasteiger partial charge on any atom is 0.177 e. The van der Waals surface area contributed by atoms with Gasteiger partial charge in [-0.3, -0.25) is 0 Å². The smallest absolute Gasteiger partial charge is 0.177 e. The molecule has 3 rings (SSSR count). The minimum atomic E-state index is -0.252. The van der Waals surface area contributed by atoms with E-state index in [1.165, 1.54) is 18.9 Å². The Balaban J connectivity index is 2.27. The van der Waals surface area contributed by atoms with Crippen LogP contribution in [0.2, 0.25) is 5.02 Å². The summed E-state index contributed by atoms with van der Waals surface area (Å²) < 4.78 is 2.12. The molecule has 0 bridgehead atoms. The maximum atomic E-state index is 9.51. The molecular formula is C12H11ClNO2+. The molecule has 2 N–H and O–H groups in total. The number of nitrogens with zero attached hydrogens (tertiary/aromatic N) is 1. The lowest BCUT2D eigenvalue weighted by molar-refractivity contribution is -0.699. The lowest BCUT2D eigenvalue weighted by atomic mass is 10.1. The highest BCUT2D eigenvalue weighted by Crippen LogP contribution is 2.39. The van der Waals surface area contributed by atoms with Gasteiger partial charge in [-0.15, -0.1) is 0 Å². The van der Waals surface area contributed by atoms with Gasteiger partial charge in [0.2, 0.25) is 0 Å². The summed E-state index contributed by atoms with van der Waals surface area (Å²) in [6, 6.07) is 3.99. The Morgan fingerprint density at radius 2 is 2.06 bits per heavy atom. The number of aromatic nitrogens is 1. The molecule has 0 saturated heterocycles. The Labute approximate surface area is 97.5 Å². The quantitative estimate of drug-likeness (QED) is 0.590. The van der Waals surface area contributed by atoms with Crippen LogP contribution in [0.15, 0.2) is 24.5 Å². The second-order valence-electron chi connectivity index (χ2n) is 4.18. The highest BCUT2D eigenvalue weighted by atomic mass is 35.5. The number of hydrogen-bond donors (Lipinski definition) is 2. The van der Waals surface area contributed by atoms with Gasteiger partial charge in [0, 0.05) is 24.3 Å². The van der Waals surface area contributed by atoms with Crippen molar-refractivity contribution in [2.75, 3.05) is 0 Å². The van der Waals surface area contributed by atoms with Crippen molar-refractivity contribution in [3.8, 4) is 11.5 Å². The van der Waals surface area contributed by atoms with E-state index < -0.39 is 0 Å². The molecule has 16 heavy (non-hydrogen) atoms. The summed E-state index contributed by atoms with van der Waals surface area (Å²) in [7, 11) is 0. The molecule has 1 heterocycles. The van der Waals surface area contributed by atoms with Gasteiger partial charge in [-0.05, 0) is 6.07 Å². The van der Waals surface area contributed by atoms with E-state index in [1.807, 2.05) is 18.5 Å². The maximum absolute atomic E-state index is 9.51. The lowest BCUT2D eigenvalue weighted by Gasteiger charge is -2.04. The van der Waals surface area contributed by atoms with E-state index in [0.29, 0.717) is 6.04 Å². The molecule has 3 nitrogen and oxygen atoms in total. The van der Waals surface area contributed by atoms with E-state index in [9.17, 15) is 10.2 Å². The van der Waals surface area contributed by atoms with Crippen molar-refractivity contribution in [3.05, 3.63) is 29.5 Å². The van der Waals surface area contributed by atoms with E-state index >= 15 is 0 Å². The predicted octanol–water partition coefficient (Wildman–Crippen LogP) is 2.53. The molecule has 1 aliphatic rings. The molecule has 1 saturated carbocycles. The molecule has 2 aromatic rings. The van der Waals surface area contributed by atoms with Crippen molar-refractivity contribution in [3.63, 3.8) is 0 Å². The number of aromatic hydroxyl groups is 2. The summed E-state index contributed by atoms with van der Waals surface area (Å²) in [5, 5.41) is 20.8. The zero-order chi connectivity index (χ0) is 11.3. The molecule has 82 valence electrons. The number of benzene rings is 1. The van der Waals surface area contributed by atoms with Crippen LogP contribution < -0.4 is 4.57 Å². The monoisotopic (exact) mass is 236 g/mol. The van der Waals surface area contributed by atoms with Crippen LogP contribution >= 0.6 is 11.6 Å². The highest BCUT2D eigenvalue weighted by molar-refractivity contribution is 6.37. The van der Waals surface area contributed by atoms with Crippen LogP contribution in [0, 0.1) is 0 Å². The van der Waals surface area contributed by atoms with Crippen molar-refractivity contribution in [2.45, 2.75) is 18.9 Å². The van der Waals surface area contributed by atoms with Crippen LogP contribution in [0.5, 0.6) is 11.5 Å². The summed E-state index contributed by atoms with van der Waals surface area (Å²) in [4.78, 5) is 0. The van der Waals surface area contributed by atoms with Crippen molar-refractivity contribution in [1.29, 1.82) is 0 Å². The van der Waals surface area contributed by atoms with Crippen LogP contribution in [0.1, 0.15) is 18.9 Å². The Kier molecular flexibility index (Phi) is 1.98. The number of rotatable bonds is 1. The van der Waals surface area contributed by atoms with Gasteiger partial charge in [-0.25, -0.2) is 4.57 Å². The van der Waals surface area contributed by atoms with Crippen LogP contribution in [0.4, 0.5) is 0 Å². The number of phenols is 2. The first-order chi connectivity index (χ1) is 7.66. The van der Waals surface area contributed by atoms with Gasteiger partial charge in [-0.1, -0.05) is 11.6 Å². The van der Waals surface area contributed by atoms with Crippen molar-refractivity contribution >= 4 is 22.4 Å². The first-order valence-electron chi connectivity index (χ1n) is 5.22. The van der Waals surface area contributed by atoms with E-state index in [2.05, 4.69) is 4.57 Å². The summed E-state index contributed by atoms with van der Waals surface area (Å²) in [5.41, 5.74) is 0. The fraction of sp³-hybridized carbons (Fsp3) is 0.250. The Bertz CT molecular complexity index is 579. The molecular weight excluding hydrogens is 226 g/mol. The van der Waals surface area contributed by atoms with Gasteiger partial charge >= 0.3 is 0 Å². The molecule has 0 aliphatic heterocycles. The second-order valence-corrected chi connectivity index (χ2v) is 4.56. The molecule has 1 aromatic carbocycles. The lowest BCUT2D eigenvalue weighted by Crippen LogP contribution is -2.30. The fourth-order valence-electron chi connectivity index (χ4n) is 1.90. The molecule has 1 fully saturated rings. The summed E-state index contributed by atoms with van der Waals surface area (Å²) in [6.07, 6.45) is 6.32. The third-order valence-corrected chi connectivity index (χ3v) is 3.34. The Hall–Kier alpha value is -1.48. The topological polar surface area (TPSA) is 44.3 Å². The fourth-order valence-corrected chi connectivity index (χ4v) is 2.17. The van der Waals surface area contributed by atoms with Crippen LogP contribution in [-0.4, -0.2) is 10.2 Å². The summed E-state index contributed by atoms with van der Waals surface area (Å²) in [5.74, 6) is -0.426. The van der Waals surface area contributed by atoms with Crippen LogP contribution in [-0.2, 0) is 0 Å². The number of pyridine rings is 1. The minimum Gasteiger partial charge on any atom is -0.504 e. The number of fused-ring (bicyclic) bond motifs is 1. The third-order valence-electron chi connectivity index (χ3n) is 2.96. The predicted molar refractivity (Wildman–Crippen MR) is 60.8 cm³/mol. The third kappa shape index (κ3) is 1.39. The summed E-state index contributed by atoms with van der Waals surface area (Å²) in [6.45, 7) is 0. The zero-order valence-electron chi connectivity index (χ0n) is 8.52. The van der Waals surface area contributed by atoms with Gasteiger partial charge in [0.05, 0.1) is 10.4 Å². The Morgan fingerprint density at radius 3 is 2.75 bits per heavy atom. The number of hydrogen-bond acceptors (Lipinski definition) is 2. The van der Waals surface area contributed by atoms with E-state index in [1.54, 1.807) is 0 Å². The van der Waals surface area contributed by atoms with E-state index in [0.717, 1.165) is 10.8 Å². The molecule has 0 spiro atoms. The average Bonchev–Trinajstić information content (AvgIpc) is 3.09. The number of phenolic OH excluding ortho intramolecular Hbond substituents is 2. The van der Waals surface area contributed by atoms with Gasteiger partial charge in [-0.2, -0.15) is 0 Å². The van der Waals surface area contributed by atoms with Gasteiger partial charge in [0.1, 0.15) is 0 Å². The number of halogens is 1. The Morgan fingerprint density at radius 1 is 1.31 bits per heavy atom. The molecule has 0 atom stereocenters. The molecule has 1 aromatic heterocycles. The molecule has 0 radical (unpaired) electrons. The average molecular weight is 237 g/mol. The van der Waals surface area contributed by atoms with Gasteiger partial charge in [0.25, 0.3) is 0 Å². The van der Waals surface area contributed by atoms with Crippen molar-refractivity contribution < 1.29 is 14.8 Å². The SMILES string of the molecule is Oc1cc2c[n+](C3CC3)ccc2c(Cl)c1O. The first-order valence-corrected chi connectivity index (χ1v) is 5.59. The first kappa shape index (κ1) is 9.73. The molecule has 1 aliphatic carbocycles.